The summed E-state index contributed by atoms with van der Waals surface area (Å²) in [7, 11) is 1.25. The molecule has 0 bridgehead atoms. The summed E-state index contributed by atoms with van der Waals surface area (Å²) < 4.78 is 25.4. The van der Waals surface area contributed by atoms with Crippen LogP contribution in [0.5, 0.6) is 17.2 Å². The minimum Gasteiger partial charge on any atom is -0.507 e. The Balaban J connectivity index is 1.49. The Labute approximate surface area is 243 Å². The Morgan fingerprint density at radius 2 is 1.62 bits per heavy atom. The topological polar surface area (TPSA) is 134 Å². The fourth-order valence-electron chi connectivity index (χ4n) is 5.01. The molecule has 0 saturated carbocycles. The number of nitrogens with one attached hydrogen (secondary N) is 2. The van der Waals surface area contributed by atoms with Crippen molar-refractivity contribution < 1.29 is 38.5 Å². The van der Waals surface area contributed by atoms with Crippen LogP contribution in [0.1, 0.15) is 74.5 Å². The number of methoxy groups -OCH3 is 1. The summed E-state index contributed by atoms with van der Waals surface area (Å²) in [5.74, 6) is -3.22. The molecule has 1 aliphatic rings. The van der Waals surface area contributed by atoms with E-state index in [9.17, 15) is 29.0 Å². The van der Waals surface area contributed by atoms with Crippen LogP contribution in [0.2, 0.25) is 0 Å². The van der Waals surface area contributed by atoms with Crippen LogP contribution in [0, 0.1) is 5.82 Å². The summed E-state index contributed by atoms with van der Waals surface area (Å²) >= 11 is 0. The summed E-state index contributed by atoms with van der Waals surface area (Å²) in [6.45, 7) is 4.91. The minimum absolute atomic E-state index is 0.0598. The maximum atomic E-state index is 14.7. The minimum atomic E-state index is -0.981. The van der Waals surface area contributed by atoms with E-state index in [4.69, 9.17) is 9.47 Å². The molecule has 3 aromatic carbocycles. The molecule has 1 amide bonds. The molecule has 9 nitrogen and oxygen atoms in total. The van der Waals surface area contributed by atoms with Crippen molar-refractivity contribution in [2.24, 2.45) is 0 Å². The van der Waals surface area contributed by atoms with E-state index in [1.54, 1.807) is 12.1 Å². The zero-order chi connectivity index (χ0) is 30.4. The lowest BCUT2D eigenvalue weighted by Gasteiger charge is -2.26. The number of benzene rings is 3. The highest BCUT2D eigenvalue weighted by Crippen LogP contribution is 2.30. The number of hydrogen-bond acceptors (Lipinski definition) is 8. The largest absolute Gasteiger partial charge is 0.507 e. The van der Waals surface area contributed by atoms with Crippen molar-refractivity contribution in [3.05, 3.63) is 87.7 Å². The number of carbonyl (C=O) groups excluding carboxylic acids is 3. The lowest BCUT2D eigenvalue weighted by atomic mass is 9.99. The Bertz CT molecular complexity index is 1450. The molecule has 10 heteroatoms. The number of hydrogen-bond donors (Lipinski definition) is 4. The highest BCUT2D eigenvalue weighted by molar-refractivity contribution is 6.11. The molecule has 42 heavy (non-hydrogen) atoms. The van der Waals surface area contributed by atoms with Gasteiger partial charge in [0.05, 0.1) is 18.7 Å². The third-order valence-corrected chi connectivity index (χ3v) is 7.44. The number of carbonyl (C=O) groups is 3. The molecule has 222 valence electrons. The van der Waals surface area contributed by atoms with Crippen LogP contribution >= 0.6 is 0 Å². The molecule has 4 N–H and O–H groups in total. The predicted molar refractivity (Wildman–Crippen MR) is 154 cm³/mol. The zero-order valence-electron chi connectivity index (χ0n) is 23.8. The van der Waals surface area contributed by atoms with Crippen molar-refractivity contribution in [3.8, 4) is 17.2 Å². The van der Waals surface area contributed by atoms with Gasteiger partial charge in [-0.15, -0.1) is 0 Å². The van der Waals surface area contributed by atoms with Gasteiger partial charge in [0.15, 0.2) is 17.3 Å². The van der Waals surface area contributed by atoms with Gasteiger partial charge >= 0.3 is 5.97 Å². The molecule has 2 atom stereocenters. The lowest BCUT2D eigenvalue weighted by Crippen LogP contribution is -2.49. The highest BCUT2D eigenvalue weighted by atomic mass is 19.1. The number of aryl methyl sites for hydroxylation is 2. The summed E-state index contributed by atoms with van der Waals surface area (Å²) in [4.78, 5) is 39.2. The first-order valence-electron chi connectivity index (χ1n) is 14.0. The van der Waals surface area contributed by atoms with E-state index in [1.807, 2.05) is 13.8 Å². The van der Waals surface area contributed by atoms with Crippen molar-refractivity contribution in [3.63, 3.8) is 0 Å². The summed E-state index contributed by atoms with van der Waals surface area (Å²) in [5, 5.41) is 26.7. The maximum absolute atomic E-state index is 14.7. The molecule has 1 saturated heterocycles. The van der Waals surface area contributed by atoms with Gasteiger partial charge in [-0.2, -0.15) is 0 Å². The Morgan fingerprint density at radius 3 is 2.24 bits per heavy atom. The number of halogens is 1. The normalized spacial score (nSPS) is 16.8. The third kappa shape index (κ3) is 6.54. The molecule has 0 aromatic heterocycles. The van der Waals surface area contributed by atoms with Crippen LogP contribution in [-0.2, 0) is 17.6 Å². The quantitative estimate of drug-likeness (QED) is 0.218. The summed E-state index contributed by atoms with van der Waals surface area (Å²) in [6, 6.07) is 10.7. The Morgan fingerprint density at radius 1 is 0.976 bits per heavy atom. The standard InChI is InChI=1S/C32H35FN2O7/c1-4-18-15-22(16-19(5-2)29(18)37)31(39)35-23-17-34-14-6-7-25(23)42-32(40)21-10-8-20(9-11-21)30(38)27-24(36)12-13-26(41-3)28(27)33/h8-13,15-16,23,25,34,36-37H,4-7,14,17H2,1-3H3,(H,35,39)/t23-,25-/m1/s1. The zero-order valence-corrected chi connectivity index (χ0v) is 23.8. The van der Waals surface area contributed by atoms with Gasteiger partial charge in [-0.05, 0) is 79.8 Å². The van der Waals surface area contributed by atoms with Crippen LogP contribution < -0.4 is 15.4 Å². The Kier molecular flexibility index (Phi) is 9.80. The van der Waals surface area contributed by atoms with Crippen molar-refractivity contribution >= 4 is 17.7 Å². The van der Waals surface area contributed by atoms with Gasteiger partial charge in [0, 0.05) is 17.7 Å². The number of ether oxygens (including phenoxy) is 2. The first kappa shape index (κ1) is 30.5. The van der Waals surface area contributed by atoms with Gasteiger partial charge in [0.25, 0.3) is 5.91 Å². The van der Waals surface area contributed by atoms with E-state index in [0.717, 1.165) is 6.42 Å². The van der Waals surface area contributed by atoms with Crippen LogP contribution in [0.25, 0.3) is 0 Å². The van der Waals surface area contributed by atoms with Crippen LogP contribution in [-0.4, -0.2) is 60.2 Å². The fraction of sp³-hybridized carbons (Fsp3) is 0.344. The van der Waals surface area contributed by atoms with Crippen LogP contribution in [0.15, 0.2) is 48.5 Å². The fourth-order valence-corrected chi connectivity index (χ4v) is 5.01. The smallest absolute Gasteiger partial charge is 0.338 e. The number of rotatable bonds is 9. The first-order valence-corrected chi connectivity index (χ1v) is 14.0. The molecule has 0 radical (unpaired) electrons. The van der Waals surface area contributed by atoms with Gasteiger partial charge in [-0.25, -0.2) is 9.18 Å². The van der Waals surface area contributed by atoms with Gasteiger partial charge in [-0.1, -0.05) is 26.0 Å². The van der Waals surface area contributed by atoms with Crippen molar-refractivity contribution in [2.45, 2.75) is 51.7 Å². The molecule has 1 fully saturated rings. The number of aromatic hydroxyl groups is 2. The second-order valence-electron chi connectivity index (χ2n) is 10.1. The van der Waals surface area contributed by atoms with Crippen LogP contribution in [0.3, 0.4) is 0 Å². The average Bonchev–Trinajstić information content (AvgIpc) is 3.21. The van der Waals surface area contributed by atoms with Crippen molar-refractivity contribution in [1.29, 1.82) is 0 Å². The highest BCUT2D eigenvalue weighted by Gasteiger charge is 2.30. The number of phenolic OH excluding ortho intramolecular Hbond substituents is 2. The second-order valence-corrected chi connectivity index (χ2v) is 10.1. The number of amides is 1. The van der Waals surface area contributed by atoms with Gasteiger partial charge in [0.1, 0.15) is 23.2 Å². The third-order valence-electron chi connectivity index (χ3n) is 7.44. The molecular formula is C32H35FN2O7. The van der Waals surface area contributed by atoms with Crippen molar-refractivity contribution in [1.82, 2.24) is 10.6 Å². The van der Waals surface area contributed by atoms with Crippen molar-refractivity contribution in [2.75, 3.05) is 20.2 Å². The monoisotopic (exact) mass is 578 g/mol. The van der Waals surface area contributed by atoms with E-state index < -0.39 is 41.0 Å². The molecule has 0 unspecified atom stereocenters. The molecule has 0 spiro atoms. The molecule has 4 rings (SSSR count). The molecule has 1 heterocycles. The van der Waals surface area contributed by atoms with Gasteiger partial charge in [-0.3, -0.25) is 9.59 Å². The van der Waals surface area contributed by atoms with Gasteiger partial charge in [0.2, 0.25) is 0 Å². The molecular weight excluding hydrogens is 543 g/mol. The molecule has 1 aliphatic heterocycles. The van der Waals surface area contributed by atoms with Gasteiger partial charge < -0.3 is 30.3 Å². The van der Waals surface area contributed by atoms with Crippen LogP contribution in [0.4, 0.5) is 4.39 Å². The summed E-state index contributed by atoms with van der Waals surface area (Å²) in [5.41, 5.74) is 1.50. The Hall–Kier alpha value is -4.44. The second kappa shape index (κ2) is 13.5. The number of ketones is 1. The maximum Gasteiger partial charge on any atom is 0.338 e. The lowest BCUT2D eigenvalue weighted by molar-refractivity contribution is 0.0192. The average molecular weight is 579 g/mol. The first-order chi connectivity index (χ1) is 20.2. The van der Waals surface area contributed by atoms with E-state index in [-0.39, 0.29) is 28.5 Å². The van der Waals surface area contributed by atoms with E-state index in [1.165, 1.54) is 43.5 Å². The molecule has 0 aliphatic carbocycles. The van der Waals surface area contributed by atoms with E-state index >= 15 is 0 Å². The van der Waals surface area contributed by atoms with E-state index in [0.29, 0.717) is 49.0 Å². The van der Waals surface area contributed by atoms with E-state index in [2.05, 4.69) is 10.6 Å². The summed E-state index contributed by atoms with van der Waals surface area (Å²) in [6.07, 6.45) is 1.78. The number of phenols is 2. The number of esters is 1. The predicted octanol–water partition coefficient (Wildman–Crippen LogP) is 4.31. The molecule has 3 aromatic rings. The SMILES string of the molecule is CCc1cc(C(=O)N[C@@H]2CNCCC[C@H]2OC(=O)c2ccc(C(=O)c3c(O)ccc(OC)c3F)cc2)cc(CC)c1O.